The largest absolute Gasteiger partial charge is 0.385 e. The molecule has 17 heavy (non-hydrogen) atoms. The molecule has 0 fully saturated rings. The number of pyridine rings is 1. The number of halogens is 1. The van der Waals surface area contributed by atoms with E-state index in [1.54, 1.807) is 12.3 Å². The van der Waals surface area contributed by atoms with Crippen molar-refractivity contribution in [1.82, 2.24) is 4.98 Å². The van der Waals surface area contributed by atoms with Gasteiger partial charge < -0.3 is 4.74 Å². The van der Waals surface area contributed by atoms with Crippen molar-refractivity contribution in [2.75, 3.05) is 24.2 Å². The third-order valence-electron chi connectivity index (χ3n) is 2.00. The molecule has 0 amide bonds. The molecule has 0 aliphatic rings. The maximum absolute atomic E-state index is 11.7. The van der Waals surface area contributed by atoms with Gasteiger partial charge in [0.25, 0.3) is 0 Å². The monoisotopic (exact) mass is 278 g/mol. The van der Waals surface area contributed by atoms with Gasteiger partial charge in [0, 0.05) is 19.9 Å². The van der Waals surface area contributed by atoms with Crippen molar-refractivity contribution in [3.63, 3.8) is 0 Å². The van der Waals surface area contributed by atoms with Crippen LogP contribution >= 0.6 is 11.6 Å². The lowest BCUT2D eigenvalue weighted by Gasteiger charge is -2.09. The number of nitrogens with one attached hydrogen (secondary N) is 1. The Morgan fingerprint density at radius 2 is 2.24 bits per heavy atom. The first kappa shape index (κ1) is 14.2. The Bertz CT molecular complexity index is 476. The first-order valence-corrected chi connectivity index (χ1v) is 7.09. The Morgan fingerprint density at radius 3 is 2.88 bits per heavy atom. The zero-order valence-corrected chi connectivity index (χ0v) is 11.3. The van der Waals surface area contributed by atoms with Gasteiger partial charge in [0.15, 0.2) is 5.15 Å². The highest BCUT2D eigenvalue weighted by Gasteiger charge is 2.12. The Labute approximate surface area is 106 Å². The van der Waals surface area contributed by atoms with Crippen molar-refractivity contribution in [2.45, 2.75) is 13.3 Å². The summed E-state index contributed by atoms with van der Waals surface area (Å²) in [6, 6.07) is 1.64. The standard InChI is InChI=1S/C10H15ClN2O3S/c1-8-6-9(10(11)12-7-8)13-17(14,15)5-3-4-16-2/h6-7,13H,3-5H2,1-2H3. The number of nitrogens with zero attached hydrogens (tertiary/aromatic N) is 1. The summed E-state index contributed by atoms with van der Waals surface area (Å²) in [6.07, 6.45) is 2.01. The number of hydrogen-bond donors (Lipinski definition) is 1. The first-order valence-electron chi connectivity index (χ1n) is 5.06. The summed E-state index contributed by atoms with van der Waals surface area (Å²) in [4.78, 5) is 3.87. The molecular formula is C10H15ClN2O3S. The number of rotatable bonds is 6. The first-order chi connectivity index (χ1) is 7.94. The van der Waals surface area contributed by atoms with Gasteiger partial charge in [-0.1, -0.05) is 11.6 Å². The van der Waals surface area contributed by atoms with Crippen molar-refractivity contribution < 1.29 is 13.2 Å². The van der Waals surface area contributed by atoms with Crippen molar-refractivity contribution in [2.24, 2.45) is 0 Å². The van der Waals surface area contributed by atoms with Gasteiger partial charge in [-0.25, -0.2) is 13.4 Å². The SMILES string of the molecule is COCCCS(=O)(=O)Nc1cc(C)cnc1Cl. The highest BCUT2D eigenvalue weighted by molar-refractivity contribution is 7.92. The van der Waals surface area contributed by atoms with E-state index in [2.05, 4.69) is 9.71 Å². The van der Waals surface area contributed by atoms with Gasteiger partial charge in [-0.05, 0) is 25.0 Å². The summed E-state index contributed by atoms with van der Waals surface area (Å²) in [5.74, 6) is -0.00882. The van der Waals surface area contributed by atoms with Crippen LogP contribution in [0.25, 0.3) is 0 Å². The molecule has 1 N–H and O–H groups in total. The summed E-state index contributed by atoms with van der Waals surface area (Å²) in [6.45, 7) is 2.22. The fourth-order valence-corrected chi connectivity index (χ4v) is 2.53. The Kier molecular flexibility index (Phi) is 5.17. The maximum Gasteiger partial charge on any atom is 0.232 e. The predicted octanol–water partition coefficient (Wildman–Crippen LogP) is 1.82. The van der Waals surface area contributed by atoms with E-state index < -0.39 is 10.0 Å². The molecule has 1 aromatic rings. The van der Waals surface area contributed by atoms with Crippen LogP contribution in [0, 0.1) is 6.92 Å². The van der Waals surface area contributed by atoms with Crippen LogP contribution in [0.4, 0.5) is 5.69 Å². The molecule has 1 heterocycles. The van der Waals surface area contributed by atoms with E-state index in [4.69, 9.17) is 16.3 Å². The molecule has 7 heteroatoms. The average molecular weight is 279 g/mol. The second-order valence-electron chi connectivity index (χ2n) is 3.62. The summed E-state index contributed by atoms with van der Waals surface area (Å²) in [5.41, 5.74) is 1.15. The molecule has 0 aromatic carbocycles. The topological polar surface area (TPSA) is 68.3 Å². The quantitative estimate of drug-likeness (QED) is 0.637. The van der Waals surface area contributed by atoms with Crippen LogP contribution in [-0.2, 0) is 14.8 Å². The number of anilines is 1. The van der Waals surface area contributed by atoms with Crippen molar-refractivity contribution >= 4 is 27.3 Å². The lowest BCUT2D eigenvalue weighted by atomic mass is 10.3. The van der Waals surface area contributed by atoms with E-state index in [-0.39, 0.29) is 10.9 Å². The van der Waals surface area contributed by atoms with E-state index in [9.17, 15) is 8.42 Å². The minimum atomic E-state index is -3.40. The minimum Gasteiger partial charge on any atom is -0.385 e. The number of aromatic nitrogens is 1. The van der Waals surface area contributed by atoms with Gasteiger partial charge in [-0.2, -0.15) is 0 Å². The van der Waals surface area contributed by atoms with Gasteiger partial charge in [-0.15, -0.1) is 0 Å². The van der Waals surface area contributed by atoms with Crippen molar-refractivity contribution in [1.29, 1.82) is 0 Å². The van der Waals surface area contributed by atoms with Crippen LogP contribution in [0.2, 0.25) is 5.15 Å². The third-order valence-corrected chi connectivity index (χ3v) is 3.66. The van der Waals surface area contributed by atoms with Gasteiger partial charge in [0.05, 0.1) is 11.4 Å². The molecule has 0 aliphatic heterocycles. The molecule has 0 saturated heterocycles. The number of hydrogen-bond acceptors (Lipinski definition) is 4. The molecule has 0 radical (unpaired) electrons. The van der Waals surface area contributed by atoms with Crippen molar-refractivity contribution in [3.8, 4) is 0 Å². The van der Waals surface area contributed by atoms with Gasteiger partial charge >= 0.3 is 0 Å². The van der Waals surface area contributed by atoms with Gasteiger partial charge in [0.2, 0.25) is 10.0 Å². The summed E-state index contributed by atoms with van der Waals surface area (Å²) in [7, 11) is -1.87. The highest BCUT2D eigenvalue weighted by atomic mass is 35.5. The smallest absolute Gasteiger partial charge is 0.232 e. The number of sulfonamides is 1. The van der Waals surface area contributed by atoms with Crippen molar-refractivity contribution in [3.05, 3.63) is 23.0 Å². The van der Waals surface area contributed by atoms with E-state index in [1.807, 2.05) is 6.92 Å². The predicted molar refractivity (Wildman–Crippen MR) is 67.9 cm³/mol. The minimum absolute atomic E-state index is 0.00882. The molecule has 96 valence electrons. The normalized spacial score (nSPS) is 11.5. The number of aryl methyl sites for hydroxylation is 1. The van der Waals surface area contributed by atoms with Crippen LogP contribution in [0.5, 0.6) is 0 Å². The molecule has 0 atom stereocenters. The van der Waals surface area contributed by atoms with Gasteiger partial charge in [0.1, 0.15) is 0 Å². The molecule has 0 spiro atoms. The summed E-state index contributed by atoms with van der Waals surface area (Å²) >= 11 is 5.80. The average Bonchev–Trinajstić information content (AvgIpc) is 2.23. The lowest BCUT2D eigenvalue weighted by molar-refractivity contribution is 0.199. The van der Waals surface area contributed by atoms with Crippen LogP contribution in [0.15, 0.2) is 12.3 Å². The number of methoxy groups -OCH3 is 1. The second kappa shape index (κ2) is 6.18. The molecular weight excluding hydrogens is 264 g/mol. The maximum atomic E-state index is 11.7. The molecule has 0 unspecified atom stereocenters. The zero-order chi connectivity index (χ0) is 12.9. The zero-order valence-electron chi connectivity index (χ0n) is 9.73. The molecule has 1 aromatic heterocycles. The molecule has 1 rings (SSSR count). The van der Waals surface area contributed by atoms with Crippen LogP contribution in [0.3, 0.4) is 0 Å². The van der Waals surface area contributed by atoms with Crippen LogP contribution < -0.4 is 4.72 Å². The van der Waals surface area contributed by atoms with E-state index in [0.717, 1.165) is 5.56 Å². The van der Waals surface area contributed by atoms with E-state index >= 15 is 0 Å². The Morgan fingerprint density at radius 1 is 1.53 bits per heavy atom. The molecule has 0 bridgehead atoms. The molecule has 0 saturated carbocycles. The fourth-order valence-electron chi connectivity index (χ4n) is 1.24. The fraction of sp³-hybridized carbons (Fsp3) is 0.500. The van der Waals surface area contributed by atoms with E-state index in [1.165, 1.54) is 7.11 Å². The molecule has 0 aliphatic carbocycles. The van der Waals surface area contributed by atoms with Crippen LogP contribution in [0.1, 0.15) is 12.0 Å². The van der Waals surface area contributed by atoms with Crippen LogP contribution in [-0.4, -0.2) is 32.9 Å². The number of ether oxygens (including phenoxy) is 1. The summed E-state index contributed by atoms with van der Waals surface area (Å²) < 4.78 is 30.6. The lowest BCUT2D eigenvalue weighted by Crippen LogP contribution is -2.18. The highest BCUT2D eigenvalue weighted by Crippen LogP contribution is 2.21. The second-order valence-corrected chi connectivity index (χ2v) is 5.82. The Balaban J connectivity index is 2.72. The molecule has 5 nitrogen and oxygen atoms in total. The van der Waals surface area contributed by atoms with E-state index in [0.29, 0.717) is 18.7 Å². The summed E-state index contributed by atoms with van der Waals surface area (Å²) in [5, 5.41) is 0.144. The van der Waals surface area contributed by atoms with Gasteiger partial charge in [-0.3, -0.25) is 4.72 Å². The Hall–Kier alpha value is -0.850. The third kappa shape index (κ3) is 4.89.